The van der Waals surface area contributed by atoms with Crippen molar-refractivity contribution >= 4 is 23.4 Å². The molecule has 10 nitrogen and oxygen atoms in total. The van der Waals surface area contributed by atoms with Crippen molar-refractivity contribution in [1.29, 1.82) is 5.26 Å². The molecule has 0 spiro atoms. The summed E-state index contributed by atoms with van der Waals surface area (Å²) in [5, 5.41) is 14.0. The van der Waals surface area contributed by atoms with E-state index in [0.29, 0.717) is 82.9 Å². The van der Waals surface area contributed by atoms with Crippen LogP contribution in [0.1, 0.15) is 48.7 Å². The highest BCUT2D eigenvalue weighted by Gasteiger charge is 2.35. The molecule has 0 unspecified atom stereocenters. The Morgan fingerprint density at radius 1 is 0.945 bits per heavy atom. The van der Waals surface area contributed by atoms with Gasteiger partial charge in [0.15, 0.2) is 0 Å². The van der Waals surface area contributed by atoms with E-state index in [0.717, 1.165) is 29.8 Å². The van der Waals surface area contributed by atoms with Crippen molar-refractivity contribution in [2.45, 2.75) is 32.5 Å². The van der Waals surface area contributed by atoms with Gasteiger partial charge < -0.3 is 29.0 Å². The number of rotatable bonds is 10. The first-order chi connectivity index (χ1) is 26.7. The summed E-state index contributed by atoms with van der Waals surface area (Å²) in [5.74, 6) is 0.504. The van der Waals surface area contributed by atoms with E-state index in [9.17, 15) is 10.1 Å². The molecule has 5 aromatic rings. The second kappa shape index (κ2) is 16.4. The predicted molar refractivity (Wildman–Crippen MR) is 213 cm³/mol. The lowest BCUT2D eigenvalue weighted by atomic mass is 9.90. The highest BCUT2D eigenvalue weighted by molar-refractivity contribution is 6.30. The molecule has 3 heterocycles. The second-order valence-electron chi connectivity index (χ2n) is 13.9. The van der Waals surface area contributed by atoms with Crippen LogP contribution in [0, 0.1) is 18.3 Å². The molecule has 0 saturated carbocycles. The molecule has 7 rings (SSSR count). The lowest BCUT2D eigenvalue weighted by molar-refractivity contribution is 0.0193. The van der Waals surface area contributed by atoms with Gasteiger partial charge in [0, 0.05) is 73.2 Å². The van der Waals surface area contributed by atoms with Crippen LogP contribution in [0.15, 0.2) is 84.9 Å². The number of carbonyl (C=O) groups is 2. The van der Waals surface area contributed by atoms with Gasteiger partial charge in [0.25, 0.3) is 11.8 Å². The van der Waals surface area contributed by atoms with Gasteiger partial charge in [-0.05, 0) is 60.4 Å². The molecule has 0 bridgehead atoms. The summed E-state index contributed by atoms with van der Waals surface area (Å²) in [7, 11) is 5.00. The fourth-order valence-corrected chi connectivity index (χ4v) is 7.97. The fourth-order valence-electron chi connectivity index (χ4n) is 7.84. The smallest absolute Gasteiger partial charge is 0.255 e. The molecule has 55 heavy (non-hydrogen) atoms. The molecule has 0 radical (unpaired) electrons. The Hall–Kier alpha value is -5.60. The summed E-state index contributed by atoms with van der Waals surface area (Å²) in [6.07, 6.45) is 0.700. The first-order valence-electron chi connectivity index (χ1n) is 18.4. The van der Waals surface area contributed by atoms with E-state index in [1.165, 1.54) is 12.7 Å². The Bertz CT molecular complexity index is 2270. The van der Waals surface area contributed by atoms with Crippen molar-refractivity contribution in [3.8, 4) is 40.0 Å². The van der Waals surface area contributed by atoms with Gasteiger partial charge in [-0.15, -0.1) is 0 Å². The zero-order chi connectivity index (χ0) is 38.6. The summed E-state index contributed by atoms with van der Waals surface area (Å²) in [6.45, 7) is 6.13. The van der Waals surface area contributed by atoms with Crippen LogP contribution in [0.25, 0.3) is 22.4 Å². The van der Waals surface area contributed by atoms with Crippen LogP contribution < -0.4 is 14.8 Å². The van der Waals surface area contributed by atoms with E-state index in [4.69, 9.17) is 25.8 Å². The van der Waals surface area contributed by atoms with Gasteiger partial charge in [0.1, 0.15) is 17.6 Å². The van der Waals surface area contributed by atoms with Crippen molar-refractivity contribution in [1.82, 2.24) is 19.7 Å². The summed E-state index contributed by atoms with van der Waals surface area (Å²) in [6, 6.07) is 28.6. The molecule has 2 amide bonds. The molecular weight excluding hydrogens is 714 g/mol. The topological polar surface area (TPSA) is 109 Å². The number of nitriles is 1. The number of benzene rings is 4. The Morgan fingerprint density at radius 3 is 2.35 bits per heavy atom. The van der Waals surface area contributed by atoms with E-state index in [2.05, 4.69) is 28.4 Å². The molecular formula is C44H44ClN5O5. The molecule has 1 atom stereocenters. The number of carbonyl (C=O) groups excluding carboxylic acids is 2. The normalized spacial score (nSPS) is 15.6. The number of ether oxygens (including phenoxy) is 3. The molecule has 4 aromatic carbocycles. The van der Waals surface area contributed by atoms with Crippen molar-refractivity contribution in [2.24, 2.45) is 7.05 Å². The van der Waals surface area contributed by atoms with Crippen molar-refractivity contribution in [3.05, 3.63) is 129 Å². The van der Waals surface area contributed by atoms with Gasteiger partial charge >= 0.3 is 0 Å². The number of hydrogen-bond donors (Lipinski definition) is 1. The highest BCUT2D eigenvalue weighted by Crippen LogP contribution is 2.43. The van der Waals surface area contributed by atoms with Crippen LogP contribution in [-0.4, -0.2) is 79.3 Å². The molecule has 282 valence electrons. The number of aromatic nitrogens is 1. The number of nitrogens with zero attached hydrogens (tertiary/aromatic N) is 4. The third kappa shape index (κ3) is 7.56. The van der Waals surface area contributed by atoms with Gasteiger partial charge in [-0.3, -0.25) is 14.5 Å². The minimum absolute atomic E-state index is 0.122. The monoisotopic (exact) mass is 757 g/mol. The SMILES string of the molecule is COc1cc(-c2c(-c3ccc(Cl)cc3)c(C(=O)NCc3ccccc3OC)c(C)n2C)c(C(=O)N2Cc3ccccc3C[C@H]2CN2CCOCC2)cc1C#N. The summed E-state index contributed by atoms with van der Waals surface area (Å²) >= 11 is 6.38. The largest absolute Gasteiger partial charge is 0.496 e. The molecule has 1 N–H and O–H groups in total. The Balaban J connectivity index is 1.39. The number of fused-ring (bicyclic) bond motifs is 1. The minimum Gasteiger partial charge on any atom is -0.496 e. The lowest BCUT2D eigenvalue weighted by Crippen LogP contribution is -2.52. The third-order valence-electron chi connectivity index (χ3n) is 10.8. The number of para-hydroxylation sites is 1. The van der Waals surface area contributed by atoms with E-state index in [1.807, 2.05) is 72.0 Å². The number of nitrogens with one attached hydrogen (secondary N) is 1. The summed E-state index contributed by atoms with van der Waals surface area (Å²) in [4.78, 5) is 34.0. The summed E-state index contributed by atoms with van der Waals surface area (Å²) in [5.41, 5.74) is 7.43. The van der Waals surface area contributed by atoms with Crippen molar-refractivity contribution in [3.63, 3.8) is 0 Å². The van der Waals surface area contributed by atoms with Crippen molar-refractivity contribution in [2.75, 3.05) is 47.1 Å². The van der Waals surface area contributed by atoms with Crippen molar-refractivity contribution < 1.29 is 23.8 Å². The number of methoxy groups -OCH3 is 2. The zero-order valence-corrected chi connectivity index (χ0v) is 32.3. The van der Waals surface area contributed by atoms with Crippen LogP contribution in [0.2, 0.25) is 5.02 Å². The number of morpholine rings is 1. The van der Waals surface area contributed by atoms with Gasteiger partial charge in [0.2, 0.25) is 0 Å². The number of halogens is 1. The average molecular weight is 758 g/mol. The molecule has 1 aromatic heterocycles. The first kappa shape index (κ1) is 37.7. The van der Waals surface area contributed by atoms with Gasteiger partial charge in [-0.25, -0.2) is 0 Å². The Kier molecular flexibility index (Phi) is 11.3. The maximum absolute atomic E-state index is 15.3. The standard InChI is InChI=1S/C44H44ClN5O5/c1-28-40(43(51)47-25-31-10-7-8-12-38(31)53-3)41(29-13-15-34(45)16-14-29)42(48(28)2)36-23-39(54-4)33(24-46)22-37(36)44(52)50-26-32-11-6-5-9-30(32)21-35(50)27-49-17-19-55-20-18-49/h5-16,22-23,35H,17-21,25-27H2,1-4H3,(H,47,51)/t35-/m0/s1. The van der Waals surface area contributed by atoms with Crippen LogP contribution in [0.4, 0.5) is 0 Å². The molecule has 2 aliphatic rings. The Morgan fingerprint density at radius 2 is 1.64 bits per heavy atom. The van der Waals surface area contributed by atoms with Crippen LogP contribution in [-0.2, 0) is 31.3 Å². The zero-order valence-electron chi connectivity index (χ0n) is 31.5. The predicted octanol–water partition coefficient (Wildman–Crippen LogP) is 7.04. The highest BCUT2D eigenvalue weighted by atomic mass is 35.5. The number of hydrogen-bond acceptors (Lipinski definition) is 7. The quantitative estimate of drug-likeness (QED) is 0.163. The van der Waals surface area contributed by atoms with Gasteiger partial charge in [0.05, 0.1) is 49.8 Å². The number of amides is 2. The first-order valence-corrected chi connectivity index (χ1v) is 18.8. The molecule has 2 aliphatic heterocycles. The van der Waals surface area contributed by atoms with E-state index in [-0.39, 0.29) is 30.0 Å². The Labute approximate surface area is 326 Å². The third-order valence-corrected chi connectivity index (χ3v) is 11.1. The molecule has 1 saturated heterocycles. The summed E-state index contributed by atoms with van der Waals surface area (Å²) < 4.78 is 18.9. The molecule has 1 fully saturated rings. The average Bonchev–Trinajstić information content (AvgIpc) is 3.48. The van der Waals surface area contributed by atoms with Gasteiger partial charge in [-0.2, -0.15) is 5.26 Å². The molecule has 0 aliphatic carbocycles. The maximum Gasteiger partial charge on any atom is 0.255 e. The molecule has 11 heteroatoms. The van der Waals surface area contributed by atoms with E-state index < -0.39 is 0 Å². The minimum atomic E-state index is -0.290. The second-order valence-corrected chi connectivity index (χ2v) is 14.4. The van der Waals surface area contributed by atoms with Gasteiger partial charge in [-0.1, -0.05) is 66.2 Å². The van der Waals surface area contributed by atoms with E-state index in [1.54, 1.807) is 31.4 Å². The van der Waals surface area contributed by atoms with Crippen LogP contribution >= 0.6 is 11.6 Å². The lowest BCUT2D eigenvalue weighted by Gasteiger charge is -2.40. The maximum atomic E-state index is 15.3. The van der Waals surface area contributed by atoms with E-state index >= 15 is 4.79 Å². The fraction of sp³-hybridized carbons (Fsp3) is 0.295. The van der Waals surface area contributed by atoms with Crippen LogP contribution in [0.3, 0.4) is 0 Å². The van der Waals surface area contributed by atoms with Crippen LogP contribution in [0.5, 0.6) is 11.5 Å².